The van der Waals surface area contributed by atoms with Gasteiger partial charge >= 0.3 is 0 Å². The van der Waals surface area contributed by atoms with Gasteiger partial charge in [0.2, 0.25) is 0 Å². The Kier molecular flexibility index (Phi) is 4.62. The van der Waals surface area contributed by atoms with Crippen molar-refractivity contribution in [2.45, 2.75) is 32.1 Å². The van der Waals surface area contributed by atoms with Crippen LogP contribution in [-0.2, 0) is 0 Å². The third-order valence-corrected chi connectivity index (χ3v) is 3.69. The Morgan fingerprint density at radius 2 is 1.69 bits per heavy atom. The number of nitrogens with zero attached hydrogens (tertiary/aromatic N) is 3. The largest absolute Gasteiger partial charge is 0.301 e. The first-order chi connectivity index (χ1) is 7.88. The predicted octanol–water partition coefficient (Wildman–Crippen LogP) is 1.71. The highest BCUT2D eigenvalue weighted by molar-refractivity contribution is 4.80. The van der Waals surface area contributed by atoms with Gasteiger partial charge in [-0.3, -0.25) is 0 Å². The van der Waals surface area contributed by atoms with Crippen molar-refractivity contribution in [1.29, 1.82) is 5.26 Å². The van der Waals surface area contributed by atoms with Gasteiger partial charge in [-0.15, -0.1) is 0 Å². The molecule has 0 atom stereocenters. The summed E-state index contributed by atoms with van der Waals surface area (Å²) < 4.78 is 0. The third-order valence-electron chi connectivity index (χ3n) is 3.69. The van der Waals surface area contributed by atoms with Gasteiger partial charge in [0, 0.05) is 39.1 Å². The Morgan fingerprint density at radius 1 is 1.00 bits per heavy atom. The molecular formula is C13H23N3. The van der Waals surface area contributed by atoms with Gasteiger partial charge in [0.1, 0.15) is 0 Å². The first kappa shape index (κ1) is 11.9. The molecule has 0 unspecified atom stereocenters. The second-order valence-electron chi connectivity index (χ2n) is 5.20. The highest BCUT2D eigenvalue weighted by Crippen LogP contribution is 2.29. The Hall–Kier alpha value is -0.590. The van der Waals surface area contributed by atoms with E-state index in [-0.39, 0.29) is 0 Å². The van der Waals surface area contributed by atoms with Crippen molar-refractivity contribution in [3.8, 4) is 6.07 Å². The average Bonchev–Trinajstić information content (AvgIpc) is 3.11. The Balaban J connectivity index is 1.52. The number of nitriles is 1. The molecule has 0 bridgehead atoms. The summed E-state index contributed by atoms with van der Waals surface area (Å²) in [6.45, 7) is 7.53. The Labute approximate surface area is 99.0 Å². The van der Waals surface area contributed by atoms with E-state index in [1.54, 1.807) is 0 Å². The fourth-order valence-electron chi connectivity index (χ4n) is 2.40. The van der Waals surface area contributed by atoms with Crippen LogP contribution >= 0.6 is 0 Å². The van der Waals surface area contributed by atoms with E-state index >= 15 is 0 Å². The molecule has 1 aliphatic carbocycles. The van der Waals surface area contributed by atoms with Crippen LogP contribution in [0.5, 0.6) is 0 Å². The van der Waals surface area contributed by atoms with Gasteiger partial charge < -0.3 is 9.80 Å². The van der Waals surface area contributed by atoms with Crippen molar-refractivity contribution in [2.24, 2.45) is 5.92 Å². The number of hydrogen-bond acceptors (Lipinski definition) is 3. The second-order valence-corrected chi connectivity index (χ2v) is 5.20. The minimum absolute atomic E-state index is 0.724. The van der Waals surface area contributed by atoms with Crippen LogP contribution < -0.4 is 0 Å². The van der Waals surface area contributed by atoms with Crippen LogP contribution in [0, 0.1) is 17.2 Å². The molecule has 16 heavy (non-hydrogen) atoms. The minimum atomic E-state index is 0.724. The molecule has 0 N–H and O–H groups in total. The SMILES string of the molecule is N#CCCCCN1CCN(CC2CC2)CC1. The molecule has 1 aliphatic heterocycles. The maximum absolute atomic E-state index is 8.46. The molecule has 1 saturated heterocycles. The van der Waals surface area contributed by atoms with E-state index in [1.807, 2.05) is 0 Å². The van der Waals surface area contributed by atoms with Gasteiger partial charge in [0.25, 0.3) is 0 Å². The maximum Gasteiger partial charge on any atom is 0.0621 e. The van der Waals surface area contributed by atoms with Crippen LogP contribution in [0.3, 0.4) is 0 Å². The van der Waals surface area contributed by atoms with Crippen molar-refractivity contribution in [2.75, 3.05) is 39.3 Å². The summed E-state index contributed by atoms with van der Waals surface area (Å²) in [6, 6.07) is 2.21. The van der Waals surface area contributed by atoms with E-state index in [4.69, 9.17) is 5.26 Å². The zero-order chi connectivity index (χ0) is 11.2. The molecule has 0 aromatic rings. The number of rotatable bonds is 6. The fraction of sp³-hybridized carbons (Fsp3) is 0.923. The van der Waals surface area contributed by atoms with Crippen LogP contribution in [0.2, 0.25) is 0 Å². The lowest BCUT2D eigenvalue weighted by atomic mass is 10.2. The van der Waals surface area contributed by atoms with Crippen LogP contribution in [0.25, 0.3) is 0 Å². The third kappa shape index (κ3) is 4.11. The van der Waals surface area contributed by atoms with Gasteiger partial charge in [-0.05, 0) is 38.1 Å². The molecule has 2 fully saturated rings. The maximum atomic E-state index is 8.46. The van der Waals surface area contributed by atoms with Crippen molar-refractivity contribution in [3.05, 3.63) is 0 Å². The summed E-state index contributed by atoms with van der Waals surface area (Å²) in [5.74, 6) is 1.03. The smallest absolute Gasteiger partial charge is 0.0621 e. The minimum Gasteiger partial charge on any atom is -0.301 e. The van der Waals surface area contributed by atoms with Crippen LogP contribution in [0.1, 0.15) is 32.1 Å². The lowest BCUT2D eigenvalue weighted by Gasteiger charge is -2.34. The quantitative estimate of drug-likeness (QED) is 0.640. The van der Waals surface area contributed by atoms with Crippen molar-refractivity contribution >= 4 is 0 Å². The standard InChI is InChI=1S/C13H23N3/c14-6-2-1-3-7-15-8-10-16(11-9-15)12-13-4-5-13/h13H,1-5,7-12H2. The lowest BCUT2D eigenvalue weighted by Crippen LogP contribution is -2.47. The molecule has 0 radical (unpaired) electrons. The topological polar surface area (TPSA) is 30.3 Å². The van der Waals surface area contributed by atoms with Crippen molar-refractivity contribution in [1.82, 2.24) is 9.80 Å². The van der Waals surface area contributed by atoms with Crippen LogP contribution in [-0.4, -0.2) is 49.1 Å². The first-order valence-corrected chi connectivity index (χ1v) is 6.70. The molecule has 0 aromatic heterocycles. The summed E-state index contributed by atoms with van der Waals surface area (Å²) in [4.78, 5) is 5.18. The van der Waals surface area contributed by atoms with E-state index in [1.165, 1.54) is 58.5 Å². The summed E-state index contributed by atoms with van der Waals surface area (Å²) in [5.41, 5.74) is 0. The summed E-state index contributed by atoms with van der Waals surface area (Å²) >= 11 is 0. The number of piperazine rings is 1. The molecule has 3 heteroatoms. The van der Waals surface area contributed by atoms with E-state index < -0.39 is 0 Å². The van der Waals surface area contributed by atoms with Gasteiger partial charge in [-0.1, -0.05) is 0 Å². The first-order valence-electron chi connectivity index (χ1n) is 6.70. The van der Waals surface area contributed by atoms with E-state index in [2.05, 4.69) is 15.9 Å². The lowest BCUT2D eigenvalue weighted by molar-refractivity contribution is 0.127. The summed E-state index contributed by atoms with van der Waals surface area (Å²) in [7, 11) is 0. The molecule has 1 saturated carbocycles. The van der Waals surface area contributed by atoms with Gasteiger partial charge in [-0.2, -0.15) is 5.26 Å². The molecule has 2 rings (SSSR count). The average molecular weight is 221 g/mol. The number of unbranched alkanes of at least 4 members (excludes halogenated alkanes) is 2. The van der Waals surface area contributed by atoms with Crippen molar-refractivity contribution < 1.29 is 0 Å². The van der Waals surface area contributed by atoms with Crippen LogP contribution in [0.15, 0.2) is 0 Å². The van der Waals surface area contributed by atoms with Gasteiger partial charge in [0.05, 0.1) is 6.07 Å². The van der Waals surface area contributed by atoms with Gasteiger partial charge in [0.15, 0.2) is 0 Å². The second kappa shape index (κ2) is 6.22. The monoisotopic (exact) mass is 221 g/mol. The molecule has 1 heterocycles. The van der Waals surface area contributed by atoms with E-state index in [0.717, 1.165) is 18.8 Å². The summed E-state index contributed by atoms with van der Waals surface area (Å²) in [5, 5.41) is 8.46. The normalized spacial score (nSPS) is 23.2. The zero-order valence-electron chi connectivity index (χ0n) is 10.2. The van der Waals surface area contributed by atoms with Crippen LogP contribution in [0.4, 0.5) is 0 Å². The van der Waals surface area contributed by atoms with Crippen molar-refractivity contribution in [3.63, 3.8) is 0 Å². The van der Waals surface area contributed by atoms with Gasteiger partial charge in [-0.25, -0.2) is 0 Å². The Bertz CT molecular complexity index is 234. The highest BCUT2D eigenvalue weighted by Gasteiger charge is 2.26. The molecule has 2 aliphatic rings. The molecule has 3 nitrogen and oxygen atoms in total. The molecule has 0 spiro atoms. The fourth-order valence-corrected chi connectivity index (χ4v) is 2.40. The molecule has 0 amide bonds. The summed E-state index contributed by atoms with van der Waals surface area (Å²) in [6.07, 6.45) is 5.92. The number of hydrogen-bond donors (Lipinski definition) is 0. The zero-order valence-corrected chi connectivity index (χ0v) is 10.2. The molecule has 0 aromatic carbocycles. The molecular weight excluding hydrogens is 198 g/mol. The predicted molar refractivity (Wildman–Crippen MR) is 65.1 cm³/mol. The van der Waals surface area contributed by atoms with E-state index in [0.29, 0.717) is 0 Å². The highest BCUT2D eigenvalue weighted by atomic mass is 15.3. The Morgan fingerprint density at radius 3 is 2.31 bits per heavy atom. The van der Waals surface area contributed by atoms with E-state index in [9.17, 15) is 0 Å². The molecule has 90 valence electrons.